The third-order valence-electron chi connectivity index (χ3n) is 3.84. The van der Waals surface area contributed by atoms with E-state index in [0.717, 1.165) is 15.7 Å². The number of hydrogen-bond donors (Lipinski definition) is 1. The molecule has 0 amide bonds. The lowest BCUT2D eigenvalue weighted by Gasteiger charge is -2.10. The highest BCUT2D eigenvalue weighted by molar-refractivity contribution is 5.56. The van der Waals surface area contributed by atoms with Crippen molar-refractivity contribution in [3.63, 3.8) is 0 Å². The van der Waals surface area contributed by atoms with Crippen LogP contribution in [0, 0.1) is 32.1 Å². The molecule has 0 fully saturated rings. The molecule has 1 heterocycles. The molecule has 0 saturated carbocycles. The van der Waals surface area contributed by atoms with Gasteiger partial charge < -0.3 is 5.11 Å². The van der Waals surface area contributed by atoms with Crippen molar-refractivity contribution in [2.45, 2.75) is 34.2 Å². The first-order valence-corrected chi connectivity index (χ1v) is 7.26. The van der Waals surface area contributed by atoms with Crippen LogP contribution in [0.15, 0.2) is 33.2 Å². The minimum Gasteiger partial charge on any atom is -0.493 e. The van der Waals surface area contributed by atoms with Crippen molar-refractivity contribution in [1.82, 2.24) is 4.57 Å². The second kappa shape index (κ2) is 6.44. The molecule has 118 valence electrons. The molecule has 0 unspecified atom stereocenters. The molecule has 1 N–H and O–H groups in total. The van der Waals surface area contributed by atoms with Crippen molar-refractivity contribution in [2.24, 2.45) is 10.2 Å². The zero-order valence-electron chi connectivity index (χ0n) is 13.6. The largest absolute Gasteiger partial charge is 0.493 e. The third kappa shape index (κ3) is 2.99. The van der Waals surface area contributed by atoms with Crippen LogP contribution in [0.2, 0.25) is 0 Å². The quantitative estimate of drug-likeness (QED) is 0.874. The second-order valence-corrected chi connectivity index (χ2v) is 5.30. The molecule has 0 aliphatic heterocycles. The van der Waals surface area contributed by atoms with E-state index in [-0.39, 0.29) is 23.7 Å². The monoisotopic (exact) mass is 310 g/mol. The molecule has 0 bridgehead atoms. The highest BCUT2D eigenvalue weighted by Gasteiger charge is 2.18. The van der Waals surface area contributed by atoms with Gasteiger partial charge in [0, 0.05) is 12.1 Å². The van der Waals surface area contributed by atoms with Gasteiger partial charge in [-0.25, -0.2) is 0 Å². The number of benzene rings is 1. The summed E-state index contributed by atoms with van der Waals surface area (Å²) in [6.45, 7) is 7.50. The summed E-state index contributed by atoms with van der Waals surface area (Å²) in [4.78, 5) is 12.4. The van der Waals surface area contributed by atoms with E-state index in [2.05, 4.69) is 10.2 Å². The Labute approximate surface area is 134 Å². The molecule has 2 aromatic rings. The number of azo groups is 1. The summed E-state index contributed by atoms with van der Waals surface area (Å²) >= 11 is 0. The van der Waals surface area contributed by atoms with Gasteiger partial charge in [-0.05, 0) is 51.0 Å². The predicted molar refractivity (Wildman–Crippen MR) is 87.6 cm³/mol. The van der Waals surface area contributed by atoms with E-state index in [1.807, 2.05) is 38.1 Å². The van der Waals surface area contributed by atoms with Gasteiger partial charge >= 0.3 is 0 Å². The van der Waals surface area contributed by atoms with Crippen molar-refractivity contribution in [3.05, 3.63) is 50.8 Å². The zero-order chi connectivity index (χ0) is 17.1. The average Bonchev–Trinajstić information content (AvgIpc) is 2.51. The molecule has 0 aliphatic rings. The number of pyridine rings is 1. The molecular weight excluding hydrogens is 292 g/mol. The van der Waals surface area contributed by atoms with Gasteiger partial charge in [-0.1, -0.05) is 6.07 Å². The van der Waals surface area contributed by atoms with E-state index < -0.39 is 5.56 Å². The summed E-state index contributed by atoms with van der Waals surface area (Å²) in [5, 5.41) is 27.3. The van der Waals surface area contributed by atoms with Crippen molar-refractivity contribution >= 4 is 11.4 Å². The minimum atomic E-state index is -0.464. The highest BCUT2D eigenvalue weighted by Crippen LogP contribution is 2.27. The van der Waals surface area contributed by atoms with Crippen LogP contribution in [0.5, 0.6) is 5.88 Å². The summed E-state index contributed by atoms with van der Waals surface area (Å²) < 4.78 is 1.11. The summed E-state index contributed by atoms with van der Waals surface area (Å²) in [7, 11) is 0. The smallest absolute Gasteiger partial charge is 0.281 e. The van der Waals surface area contributed by atoms with E-state index in [1.165, 1.54) is 0 Å². The molecular formula is C17H18N4O2. The van der Waals surface area contributed by atoms with E-state index in [1.54, 1.807) is 13.8 Å². The number of hydrogen-bond acceptors (Lipinski definition) is 5. The lowest BCUT2D eigenvalue weighted by atomic mass is 10.1. The fourth-order valence-corrected chi connectivity index (χ4v) is 2.25. The lowest BCUT2D eigenvalue weighted by molar-refractivity contribution is 0.409. The number of aromatic nitrogens is 1. The van der Waals surface area contributed by atoms with Crippen molar-refractivity contribution in [3.8, 4) is 11.9 Å². The van der Waals surface area contributed by atoms with Gasteiger partial charge in [0.1, 0.15) is 11.6 Å². The van der Waals surface area contributed by atoms with Crippen LogP contribution in [0.25, 0.3) is 0 Å². The fourth-order valence-electron chi connectivity index (χ4n) is 2.25. The number of aryl methyl sites for hydroxylation is 2. The topological polar surface area (TPSA) is 90.7 Å². The Bertz CT molecular complexity index is 889. The molecule has 6 nitrogen and oxygen atoms in total. The van der Waals surface area contributed by atoms with Crippen LogP contribution in [0.3, 0.4) is 0 Å². The first-order chi connectivity index (χ1) is 10.9. The van der Waals surface area contributed by atoms with Crippen LogP contribution >= 0.6 is 0 Å². The van der Waals surface area contributed by atoms with E-state index in [9.17, 15) is 15.2 Å². The van der Waals surface area contributed by atoms with E-state index in [0.29, 0.717) is 11.3 Å². The molecule has 0 spiro atoms. The first-order valence-electron chi connectivity index (χ1n) is 7.26. The standard InChI is InChI=1S/C17H18N4O2/c1-5-21-16(22)14(9-18)12(4)15(17(21)23)20-19-13-7-6-10(2)11(3)8-13/h6-8,22H,5H2,1-4H3. The van der Waals surface area contributed by atoms with Crippen LogP contribution in [0.1, 0.15) is 29.2 Å². The van der Waals surface area contributed by atoms with Gasteiger partial charge in [0.25, 0.3) is 5.56 Å². The Kier molecular flexibility index (Phi) is 4.60. The molecule has 0 saturated heterocycles. The van der Waals surface area contributed by atoms with Crippen LogP contribution < -0.4 is 5.56 Å². The number of nitriles is 1. The summed E-state index contributed by atoms with van der Waals surface area (Å²) in [5.74, 6) is -0.331. The summed E-state index contributed by atoms with van der Waals surface area (Å²) in [5.41, 5.74) is 2.82. The van der Waals surface area contributed by atoms with E-state index in [4.69, 9.17) is 0 Å². The molecule has 0 radical (unpaired) electrons. The Morgan fingerprint density at radius 2 is 1.91 bits per heavy atom. The van der Waals surface area contributed by atoms with Gasteiger partial charge in [-0.2, -0.15) is 10.4 Å². The van der Waals surface area contributed by atoms with Crippen molar-refractivity contribution in [2.75, 3.05) is 0 Å². The van der Waals surface area contributed by atoms with Gasteiger partial charge in [-0.3, -0.25) is 9.36 Å². The maximum absolute atomic E-state index is 12.4. The van der Waals surface area contributed by atoms with Gasteiger partial charge in [0.05, 0.1) is 5.69 Å². The SMILES string of the molecule is CCn1c(O)c(C#N)c(C)c(N=Nc2ccc(C)c(C)c2)c1=O. The Morgan fingerprint density at radius 3 is 2.48 bits per heavy atom. The van der Waals surface area contributed by atoms with Crippen LogP contribution in [-0.4, -0.2) is 9.67 Å². The molecule has 6 heteroatoms. The molecule has 0 atom stereocenters. The molecule has 2 rings (SSSR count). The van der Waals surface area contributed by atoms with Gasteiger partial charge in [0.2, 0.25) is 5.88 Å². The van der Waals surface area contributed by atoms with Gasteiger partial charge in [0.15, 0.2) is 5.69 Å². The zero-order valence-corrected chi connectivity index (χ0v) is 13.6. The Balaban J connectivity index is 2.60. The molecule has 1 aromatic heterocycles. The molecule has 1 aromatic carbocycles. The third-order valence-corrected chi connectivity index (χ3v) is 3.84. The van der Waals surface area contributed by atoms with E-state index >= 15 is 0 Å². The molecule has 0 aliphatic carbocycles. The average molecular weight is 310 g/mol. The maximum atomic E-state index is 12.4. The summed E-state index contributed by atoms with van der Waals surface area (Å²) in [6, 6.07) is 7.52. The maximum Gasteiger partial charge on any atom is 0.281 e. The highest BCUT2D eigenvalue weighted by atomic mass is 16.3. The minimum absolute atomic E-state index is 0.0421. The van der Waals surface area contributed by atoms with Crippen molar-refractivity contribution in [1.29, 1.82) is 5.26 Å². The van der Waals surface area contributed by atoms with Crippen molar-refractivity contribution < 1.29 is 5.11 Å². The predicted octanol–water partition coefficient (Wildman–Crippen LogP) is 3.79. The van der Waals surface area contributed by atoms with Crippen LogP contribution in [0.4, 0.5) is 11.4 Å². The first kappa shape index (κ1) is 16.4. The normalized spacial score (nSPS) is 10.9. The second-order valence-electron chi connectivity index (χ2n) is 5.30. The fraction of sp³-hybridized carbons (Fsp3) is 0.294. The molecule has 23 heavy (non-hydrogen) atoms. The summed E-state index contributed by atoms with van der Waals surface area (Å²) in [6.07, 6.45) is 0. The Hall–Kier alpha value is -2.94. The number of aromatic hydroxyl groups is 1. The Morgan fingerprint density at radius 1 is 1.22 bits per heavy atom. The number of nitrogens with zero attached hydrogens (tertiary/aromatic N) is 4. The lowest BCUT2D eigenvalue weighted by Crippen LogP contribution is -2.20. The van der Waals surface area contributed by atoms with Crippen LogP contribution in [-0.2, 0) is 6.54 Å². The van der Waals surface area contributed by atoms with Gasteiger partial charge in [-0.15, -0.1) is 5.11 Å². The number of rotatable bonds is 3.